The van der Waals surface area contributed by atoms with E-state index in [2.05, 4.69) is 48.1 Å². The Morgan fingerprint density at radius 3 is 2.91 bits per heavy atom. The van der Waals surface area contributed by atoms with E-state index in [9.17, 15) is 4.79 Å². The number of aryl methyl sites for hydroxylation is 3. The number of aromatic nitrogens is 1. The lowest BCUT2D eigenvalue weighted by Crippen LogP contribution is -2.22. The van der Waals surface area contributed by atoms with Gasteiger partial charge in [-0.05, 0) is 42.8 Å². The fourth-order valence-corrected chi connectivity index (χ4v) is 2.63. The van der Waals surface area contributed by atoms with Gasteiger partial charge in [-0.25, -0.2) is 0 Å². The van der Waals surface area contributed by atoms with Gasteiger partial charge in [0.1, 0.15) is 5.76 Å². The molecule has 0 unspecified atom stereocenters. The van der Waals surface area contributed by atoms with Crippen molar-refractivity contribution in [3.63, 3.8) is 0 Å². The van der Waals surface area contributed by atoms with Crippen LogP contribution in [0.5, 0.6) is 0 Å². The summed E-state index contributed by atoms with van der Waals surface area (Å²) >= 11 is 0. The molecule has 3 aromatic rings. The monoisotopic (exact) mass is 296 g/mol. The third kappa shape index (κ3) is 3.06. The van der Waals surface area contributed by atoms with Gasteiger partial charge in [-0.1, -0.05) is 6.07 Å². The second-order valence-electron chi connectivity index (χ2n) is 5.59. The number of carbonyl (C=O) groups excluding carboxylic acids is 1. The largest absolute Gasteiger partial charge is 0.469 e. The average molecular weight is 296 g/mol. The van der Waals surface area contributed by atoms with Crippen molar-refractivity contribution in [3.05, 3.63) is 59.7 Å². The number of nitrogens with zero attached hydrogens (tertiary/aromatic N) is 1. The van der Waals surface area contributed by atoms with E-state index in [1.54, 1.807) is 6.26 Å². The molecule has 2 heterocycles. The normalized spacial score (nSPS) is 11.0. The smallest absolute Gasteiger partial charge is 0.220 e. The number of benzene rings is 1. The highest BCUT2D eigenvalue weighted by molar-refractivity contribution is 5.82. The fraction of sp³-hybridized carbons (Fsp3) is 0.278. The first kappa shape index (κ1) is 14.4. The molecule has 114 valence electrons. The Morgan fingerprint density at radius 1 is 1.27 bits per heavy atom. The van der Waals surface area contributed by atoms with Crippen LogP contribution in [0.25, 0.3) is 10.9 Å². The van der Waals surface area contributed by atoms with Crippen molar-refractivity contribution in [1.82, 2.24) is 9.88 Å². The van der Waals surface area contributed by atoms with E-state index in [1.165, 1.54) is 16.6 Å². The quantitative estimate of drug-likeness (QED) is 0.785. The topological polar surface area (TPSA) is 47.2 Å². The van der Waals surface area contributed by atoms with Crippen LogP contribution in [-0.4, -0.2) is 10.5 Å². The summed E-state index contributed by atoms with van der Waals surface area (Å²) in [6.07, 6.45) is 2.71. The summed E-state index contributed by atoms with van der Waals surface area (Å²) in [5.41, 5.74) is 3.56. The second-order valence-corrected chi connectivity index (χ2v) is 5.59. The molecule has 0 aliphatic heterocycles. The molecule has 0 saturated carbocycles. The minimum atomic E-state index is 0.0424. The van der Waals surface area contributed by atoms with E-state index in [4.69, 9.17) is 4.42 Å². The van der Waals surface area contributed by atoms with Crippen molar-refractivity contribution in [3.8, 4) is 0 Å². The number of carbonyl (C=O) groups is 1. The fourth-order valence-electron chi connectivity index (χ4n) is 2.63. The number of fused-ring (bicyclic) bond motifs is 1. The van der Waals surface area contributed by atoms with Gasteiger partial charge >= 0.3 is 0 Å². The standard InChI is InChI=1S/C18H20N2O2/c1-13-10-15-11-14(5-7-17(15)20(13)2)12-19-18(21)8-6-16-4-3-9-22-16/h3-5,7,9-11H,6,8,12H2,1-2H3,(H,19,21). The maximum absolute atomic E-state index is 11.9. The molecular formula is C18H20N2O2. The first-order valence-corrected chi connectivity index (χ1v) is 7.47. The SMILES string of the molecule is Cc1cc2cc(CNC(=O)CCc3ccco3)ccc2n1C. The molecule has 1 amide bonds. The molecule has 4 nitrogen and oxygen atoms in total. The van der Waals surface area contributed by atoms with Crippen molar-refractivity contribution in [1.29, 1.82) is 0 Å². The molecule has 0 fully saturated rings. The van der Waals surface area contributed by atoms with E-state index in [0.717, 1.165) is 11.3 Å². The van der Waals surface area contributed by atoms with E-state index in [-0.39, 0.29) is 5.91 Å². The van der Waals surface area contributed by atoms with Crippen LogP contribution in [0.4, 0.5) is 0 Å². The molecule has 2 aromatic heterocycles. The van der Waals surface area contributed by atoms with Crippen molar-refractivity contribution in [2.75, 3.05) is 0 Å². The zero-order valence-electron chi connectivity index (χ0n) is 12.9. The van der Waals surface area contributed by atoms with Crippen LogP contribution in [0.3, 0.4) is 0 Å². The lowest BCUT2D eigenvalue weighted by Gasteiger charge is -2.06. The molecule has 0 saturated heterocycles. The summed E-state index contributed by atoms with van der Waals surface area (Å²) < 4.78 is 7.39. The molecule has 0 aliphatic rings. The molecule has 1 aromatic carbocycles. The number of hydrogen-bond acceptors (Lipinski definition) is 2. The molecule has 0 bridgehead atoms. The number of nitrogens with one attached hydrogen (secondary N) is 1. The van der Waals surface area contributed by atoms with E-state index >= 15 is 0 Å². The van der Waals surface area contributed by atoms with Crippen molar-refractivity contribution >= 4 is 16.8 Å². The van der Waals surface area contributed by atoms with Gasteiger partial charge in [0.05, 0.1) is 6.26 Å². The Morgan fingerprint density at radius 2 is 2.14 bits per heavy atom. The van der Waals surface area contributed by atoms with Crippen molar-refractivity contribution in [2.24, 2.45) is 7.05 Å². The van der Waals surface area contributed by atoms with Crippen LogP contribution in [0, 0.1) is 6.92 Å². The van der Waals surface area contributed by atoms with Gasteiger partial charge in [0.2, 0.25) is 5.91 Å². The molecule has 0 spiro atoms. The van der Waals surface area contributed by atoms with Gasteiger partial charge in [-0.15, -0.1) is 0 Å². The van der Waals surface area contributed by atoms with Crippen LogP contribution >= 0.6 is 0 Å². The van der Waals surface area contributed by atoms with Crippen LogP contribution in [0.15, 0.2) is 47.1 Å². The van der Waals surface area contributed by atoms with Crippen LogP contribution < -0.4 is 5.32 Å². The predicted octanol–water partition coefficient (Wildman–Crippen LogP) is 3.33. The molecule has 22 heavy (non-hydrogen) atoms. The Bertz CT molecular complexity index is 785. The Hall–Kier alpha value is -2.49. The summed E-state index contributed by atoms with van der Waals surface area (Å²) in [4.78, 5) is 11.9. The first-order valence-electron chi connectivity index (χ1n) is 7.47. The van der Waals surface area contributed by atoms with Gasteiger partial charge < -0.3 is 14.3 Å². The summed E-state index contributed by atoms with van der Waals surface area (Å²) in [6, 6.07) is 12.2. The Kier molecular flexibility index (Phi) is 4.00. The van der Waals surface area contributed by atoms with E-state index < -0.39 is 0 Å². The highest BCUT2D eigenvalue weighted by atomic mass is 16.3. The summed E-state index contributed by atoms with van der Waals surface area (Å²) in [5, 5.41) is 4.17. The maximum Gasteiger partial charge on any atom is 0.220 e. The summed E-state index contributed by atoms with van der Waals surface area (Å²) in [6.45, 7) is 2.65. The molecular weight excluding hydrogens is 276 g/mol. The maximum atomic E-state index is 11.9. The third-order valence-corrected chi connectivity index (χ3v) is 4.01. The van der Waals surface area contributed by atoms with Gasteiger partial charge in [0, 0.05) is 43.0 Å². The van der Waals surface area contributed by atoms with Gasteiger partial charge in [-0.2, -0.15) is 0 Å². The number of rotatable bonds is 5. The van der Waals surface area contributed by atoms with Gasteiger partial charge in [0.25, 0.3) is 0 Å². The van der Waals surface area contributed by atoms with Gasteiger partial charge in [-0.3, -0.25) is 4.79 Å². The predicted molar refractivity (Wildman–Crippen MR) is 86.5 cm³/mol. The Labute approximate surface area is 129 Å². The zero-order chi connectivity index (χ0) is 15.5. The van der Waals surface area contributed by atoms with Gasteiger partial charge in [0.15, 0.2) is 0 Å². The minimum absolute atomic E-state index is 0.0424. The second kappa shape index (κ2) is 6.10. The number of amides is 1. The molecule has 0 atom stereocenters. The summed E-state index contributed by atoms with van der Waals surface area (Å²) in [5.74, 6) is 0.886. The third-order valence-electron chi connectivity index (χ3n) is 4.01. The van der Waals surface area contributed by atoms with Crippen molar-refractivity contribution < 1.29 is 9.21 Å². The number of hydrogen-bond donors (Lipinski definition) is 1. The molecule has 3 rings (SSSR count). The average Bonchev–Trinajstić information content (AvgIpc) is 3.12. The van der Waals surface area contributed by atoms with E-state index in [1.807, 2.05) is 12.1 Å². The highest BCUT2D eigenvalue weighted by Crippen LogP contribution is 2.19. The van der Waals surface area contributed by atoms with Crippen LogP contribution in [-0.2, 0) is 24.8 Å². The minimum Gasteiger partial charge on any atom is -0.469 e. The lowest BCUT2D eigenvalue weighted by molar-refractivity contribution is -0.121. The lowest BCUT2D eigenvalue weighted by atomic mass is 10.1. The first-order chi connectivity index (χ1) is 10.6. The molecule has 0 radical (unpaired) electrons. The Balaban J connectivity index is 1.57. The van der Waals surface area contributed by atoms with Crippen LogP contribution in [0.2, 0.25) is 0 Å². The van der Waals surface area contributed by atoms with Crippen molar-refractivity contribution in [2.45, 2.75) is 26.3 Å². The molecule has 4 heteroatoms. The molecule has 0 aliphatic carbocycles. The zero-order valence-corrected chi connectivity index (χ0v) is 12.9. The highest BCUT2D eigenvalue weighted by Gasteiger charge is 2.06. The van der Waals surface area contributed by atoms with Crippen LogP contribution in [0.1, 0.15) is 23.4 Å². The molecule has 1 N–H and O–H groups in total. The number of furan rings is 1. The summed E-state index contributed by atoms with van der Waals surface area (Å²) in [7, 11) is 2.06. The van der Waals surface area contributed by atoms with E-state index in [0.29, 0.717) is 19.4 Å².